The quantitative estimate of drug-likeness (QED) is 0.487. The van der Waals surface area contributed by atoms with Gasteiger partial charge in [-0.3, -0.25) is 14.9 Å². The van der Waals surface area contributed by atoms with E-state index in [-0.39, 0.29) is 21.5 Å². The Balaban J connectivity index is 1.97. The number of carbonyl (C=O) groups is 2. The van der Waals surface area contributed by atoms with Crippen molar-refractivity contribution in [1.29, 1.82) is 0 Å². The summed E-state index contributed by atoms with van der Waals surface area (Å²) in [5.41, 5.74) is 0.907. The number of nitro groups is 1. The number of aryl methyl sites for hydroxylation is 1. The number of furan rings is 1. The second-order valence-corrected chi connectivity index (χ2v) is 5.36. The zero-order chi connectivity index (χ0) is 17.9. The zero-order valence-corrected chi connectivity index (χ0v) is 13.7. The van der Waals surface area contributed by atoms with Crippen LogP contribution < -0.4 is 5.32 Å². The molecule has 0 aliphatic rings. The van der Waals surface area contributed by atoms with E-state index in [1.54, 1.807) is 19.1 Å². The molecule has 10 heteroatoms. The minimum atomic E-state index is -1.01. The van der Waals surface area contributed by atoms with Crippen molar-refractivity contribution in [3.05, 3.63) is 55.7 Å². The number of nitrogens with one attached hydrogen (secondary N) is 1. The Hall–Kier alpha value is -2.58. The van der Waals surface area contributed by atoms with Crippen LogP contribution in [0.25, 0.3) is 0 Å². The van der Waals surface area contributed by atoms with Crippen LogP contribution in [0.15, 0.2) is 28.7 Å². The number of benzene rings is 1. The van der Waals surface area contributed by atoms with Crippen LogP contribution in [0.3, 0.4) is 0 Å². The van der Waals surface area contributed by atoms with Gasteiger partial charge in [0.25, 0.3) is 5.91 Å². The largest absolute Gasteiger partial charge is 0.450 e. The summed E-state index contributed by atoms with van der Waals surface area (Å²) < 4.78 is 9.38. The van der Waals surface area contributed by atoms with Crippen LogP contribution in [0, 0.1) is 17.0 Å². The highest BCUT2D eigenvalue weighted by atomic mass is 35.5. The summed E-state index contributed by atoms with van der Waals surface area (Å²) >= 11 is 12.0. The maximum absolute atomic E-state index is 11.8. The van der Waals surface area contributed by atoms with Crippen LogP contribution >= 0.6 is 23.2 Å². The van der Waals surface area contributed by atoms with E-state index >= 15 is 0 Å². The molecule has 0 unspecified atom stereocenters. The smallest absolute Gasteiger partial charge is 0.433 e. The Morgan fingerprint density at radius 1 is 1.29 bits per heavy atom. The van der Waals surface area contributed by atoms with Crippen molar-refractivity contribution >= 4 is 46.6 Å². The standard InChI is InChI=1S/C14H10Cl2N2O6/c1-7-2-3-8(15)13(12(7)16)17-10(19)6-23-14(20)9-4-5-11(24-9)18(21)22/h2-5H,6H2,1H3,(H,17,19). The Morgan fingerprint density at radius 2 is 2.00 bits per heavy atom. The summed E-state index contributed by atoms with van der Waals surface area (Å²) in [7, 11) is 0. The molecule has 0 fully saturated rings. The molecule has 0 atom stereocenters. The van der Waals surface area contributed by atoms with Crippen LogP contribution in [0.5, 0.6) is 0 Å². The molecule has 1 aromatic carbocycles. The van der Waals surface area contributed by atoms with Crippen molar-refractivity contribution < 1.29 is 23.7 Å². The van der Waals surface area contributed by atoms with E-state index < -0.39 is 29.3 Å². The van der Waals surface area contributed by atoms with Crippen molar-refractivity contribution in [2.24, 2.45) is 0 Å². The molecule has 1 aromatic heterocycles. The first-order valence-electron chi connectivity index (χ1n) is 6.45. The number of halogens is 2. The lowest BCUT2D eigenvalue weighted by molar-refractivity contribution is -0.402. The van der Waals surface area contributed by atoms with E-state index in [0.29, 0.717) is 5.56 Å². The number of hydrogen-bond donors (Lipinski definition) is 1. The van der Waals surface area contributed by atoms with Gasteiger partial charge in [0.1, 0.15) is 4.92 Å². The van der Waals surface area contributed by atoms with Gasteiger partial charge >= 0.3 is 11.9 Å². The number of hydrogen-bond acceptors (Lipinski definition) is 6. The summed E-state index contributed by atoms with van der Waals surface area (Å²) in [5, 5.41) is 13.4. The fraction of sp³-hybridized carbons (Fsp3) is 0.143. The third-order valence-corrected chi connectivity index (χ3v) is 3.66. The summed E-state index contributed by atoms with van der Waals surface area (Å²) in [5.74, 6) is -2.69. The SMILES string of the molecule is Cc1ccc(Cl)c(NC(=O)COC(=O)c2ccc([N+](=O)[O-])o2)c1Cl. The predicted octanol–water partition coefficient (Wildman–Crippen LogP) is 3.60. The topological polar surface area (TPSA) is 112 Å². The molecule has 1 heterocycles. The maximum Gasteiger partial charge on any atom is 0.433 e. The first kappa shape index (κ1) is 17.8. The second kappa shape index (κ2) is 7.33. The minimum Gasteiger partial charge on any atom is -0.450 e. The summed E-state index contributed by atoms with van der Waals surface area (Å²) in [6.45, 7) is 1.09. The molecule has 2 rings (SSSR count). The minimum absolute atomic E-state index is 0.202. The van der Waals surface area contributed by atoms with Gasteiger partial charge < -0.3 is 14.5 Å². The van der Waals surface area contributed by atoms with Gasteiger partial charge in [-0.25, -0.2) is 4.79 Å². The zero-order valence-electron chi connectivity index (χ0n) is 12.2. The van der Waals surface area contributed by atoms with Crippen molar-refractivity contribution in [1.82, 2.24) is 0 Å². The van der Waals surface area contributed by atoms with Crippen LogP contribution in [0.2, 0.25) is 10.0 Å². The number of rotatable bonds is 5. The van der Waals surface area contributed by atoms with E-state index in [9.17, 15) is 19.7 Å². The Morgan fingerprint density at radius 3 is 2.62 bits per heavy atom. The van der Waals surface area contributed by atoms with E-state index in [0.717, 1.165) is 12.1 Å². The van der Waals surface area contributed by atoms with Gasteiger partial charge in [-0.15, -0.1) is 0 Å². The highest BCUT2D eigenvalue weighted by Gasteiger charge is 2.20. The molecule has 0 saturated carbocycles. The van der Waals surface area contributed by atoms with Crippen LogP contribution in [0.1, 0.15) is 16.1 Å². The molecular weight excluding hydrogens is 363 g/mol. The fourth-order valence-electron chi connectivity index (χ4n) is 1.68. The van der Waals surface area contributed by atoms with E-state index in [2.05, 4.69) is 9.73 Å². The van der Waals surface area contributed by atoms with E-state index in [1.165, 1.54) is 0 Å². The Bertz CT molecular complexity index is 818. The molecule has 8 nitrogen and oxygen atoms in total. The van der Waals surface area contributed by atoms with Crippen molar-refractivity contribution in [2.45, 2.75) is 6.92 Å². The maximum atomic E-state index is 11.8. The van der Waals surface area contributed by atoms with Gasteiger partial charge in [0.15, 0.2) is 6.61 Å². The lowest BCUT2D eigenvalue weighted by atomic mass is 10.2. The third-order valence-electron chi connectivity index (χ3n) is 2.86. The number of carbonyl (C=O) groups excluding carboxylic acids is 2. The molecule has 126 valence electrons. The lowest BCUT2D eigenvalue weighted by Crippen LogP contribution is -2.21. The molecule has 0 aliphatic carbocycles. The predicted molar refractivity (Wildman–Crippen MR) is 85.5 cm³/mol. The number of ether oxygens (including phenoxy) is 1. The number of esters is 1. The average molecular weight is 373 g/mol. The summed E-state index contributed by atoms with van der Waals surface area (Å²) in [6.07, 6.45) is 0. The third kappa shape index (κ3) is 4.03. The van der Waals surface area contributed by atoms with Crippen molar-refractivity contribution in [3.8, 4) is 0 Å². The van der Waals surface area contributed by atoms with Gasteiger partial charge in [0.2, 0.25) is 5.76 Å². The van der Waals surface area contributed by atoms with Gasteiger partial charge in [0.05, 0.1) is 21.8 Å². The van der Waals surface area contributed by atoms with Gasteiger partial charge in [-0.1, -0.05) is 29.3 Å². The number of anilines is 1. The molecule has 1 N–H and O–H groups in total. The first-order valence-corrected chi connectivity index (χ1v) is 7.21. The molecular formula is C14H10Cl2N2O6. The Labute approximate surface area is 145 Å². The first-order chi connectivity index (χ1) is 11.3. The van der Waals surface area contributed by atoms with Crippen molar-refractivity contribution in [2.75, 3.05) is 11.9 Å². The van der Waals surface area contributed by atoms with Crippen LogP contribution in [0.4, 0.5) is 11.6 Å². The molecule has 0 saturated heterocycles. The van der Waals surface area contributed by atoms with Crippen LogP contribution in [-0.4, -0.2) is 23.4 Å². The monoisotopic (exact) mass is 372 g/mol. The highest BCUT2D eigenvalue weighted by molar-refractivity contribution is 6.40. The van der Waals surface area contributed by atoms with E-state index in [1.807, 2.05) is 0 Å². The summed E-state index contributed by atoms with van der Waals surface area (Å²) in [6, 6.07) is 5.33. The fourth-order valence-corrected chi connectivity index (χ4v) is 2.15. The van der Waals surface area contributed by atoms with Crippen LogP contribution in [-0.2, 0) is 9.53 Å². The molecule has 2 aromatic rings. The summed E-state index contributed by atoms with van der Waals surface area (Å²) in [4.78, 5) is 33.2. The van der Waals surface area contributed by atoms with Crippen molar-refractivity contribution in [3.63, 3.8) is 0 Å². The van der Waals surface area contributed by atoms with Gasteiger partial charge in [0, 0.05) is 0 Å². The van der Waals surface area contributed by atoms with Gasteiger partial charge in [-0.2, -0.15) is 0 Å². The molecule has 0 bridgehead atoms. The number of amides is 1. The second-order valence-electron chi connectivity index (χ2n) is 4.57. The molecule has 24 heavy (non-hydrogen) atoms. The normalized spacial score (nSPS) is 10.3. The number of nitrogens with zero attached hydrogens (tertiary/aromatic N) is 1. The molecule has 1 amide bonds. The average Bonchev–Trinajstić information content (AvgIpc) is 3.03. The molecule has 0 spiro atoms. The lowest BCUT2D eigenvalue weighted by Gasteiger charge is -2.11. The van der Waals surface area contributed by atoms with E-state index in [4.69, 9.17) is 27.9 Å². The highest BCUT2D eigenvalue weighted by Crippen LogP contribution is 2.32. The molecule has 0 aliphatic heterocycles. The molecule has 0 radical (unpaired) electrons. The van der Waals surface area contributed by atoms with Gasteiger partial charge in [-0.05, 0) is 24.6 Å². The Kier molecular flexibility index (Phi) is 5.42.